The van der Waals surface area contributed by atoms with Gasteiger partial charge in [-0.05, 0) is 18.6 Å². The van der Waals surface area contributed by atoms with E-state index >= 15 is 0 Å². The van der Waals surface area contributed by atoms with E-state index in [-0.39, 0.29) is 6.04 Å². The predicted octanol–water partition coefficient (Wildman–Crippen LogP) is 0.879. The quantitative estimate of drug-likeness (QED) is 0.617. The lowest BCUT2D eigenvalue weighted by atomic mass is 10.0. The Morgan fingerprint density at radius 1 is 1.47 bits per heavy atom. The summed E-state index contributed by atoms with van der Waals surface area (Å²) in [6, 6.07) is 5.99. The van der Waals surface area contributed by atoms with E-state index in [1.165, 1.54) is 6.33 Å². The van der Waals surface area contributed by atoms with Gasteiger partial charge in [-0.3, -0.25) is 16.0 Å². The second-order valence-corrected chi connectivity index (χ2v) is 4.47. The molecule has 0 aliphatic heterocycles. The molecule has 0 aliphatic rings. The third-order valence-corrected chi connectivity index (χ3v) is 3.16. The Morgan fingerprint density at radius 3 is 2.84 bits per heavy atom. The van der Waals surface area contributed by atoms with E-state index in [0.717, 1.165) is 22.7 Å². The van der Waals surface area contributed by atoms with Crippen molar-refractivity contribution in [3.8, 4) is 5.75 Å². The van der Waals surface area contributed by atoms with Gasteiger partial charge in [-0.25, -0.2) is 4.98 Å². The number of benzene rings is 1. The molecule has 0 radical (unpaired) electrons. The Bertz CT molecular complexity index is 552. The van der Waals surface area contributed by atoms with Crippen LogP contribution in [-0.2, 0) is 13.5 Å². The molecule has 6 nitrogen and oxygen atoms in total. The van der Waals surface area contributed by atoms with Gasteiger partial charge in [-0.15, -0.1) is 0 Å². The maximum atomic E-state index is 5.67. The average Bonchev–Trinajstić information content (AvgIpc) is 2.81. The van der Waals surface area contributed by atoms with Crippen molar-refractivity contribution < 1.29 is 4.74 Å². The van der Waals surface area contributed by atoms with Crippen molar-refractivity contribution in [1.82, 2.24) is 20.2 Å². The Labute approximate surface area is 112 Å². The van der Waals surface area contributed by atoms with Crippen molar-refractivity contribution in [2.75, 3.05) is 7.11 Å². The van der Waals surface area contributed by atoms with Gasteiger partial charge in [-0.2, -0.15) is 5.10 Å². The van der Waals surface area contributed by atoms with Crippen LogP contribution in [0, 0.1) is 6.92 Å². The van der Waals surface area contributed by atoms with Crippen molar-refractivity contribution >= 4 is 0 Å². The summed E-state index contributed by atoms with van der Waals surface area (Å²) in [5, 5.41) is 4.06. The molecule has 19 heavy (non-hydrogen) atoms. The second-order valence-electron chi connectivity index (χ2n) is 4.47. The summed E-state index contributed by atoms with van der Waals surface area (Å²) in [5.41, 5.74) is 4.98. The fourth-order valence-corrected chi connectivity index (χ4v) is 2.05. The minimum atomic E-state index is -0.0709. The molecule has 0 saturated carbocycles. The lowest BCUT2D eigenvalue weighted by Crippen LogP contribution is -2.30. The number of aromatic nitrogens is 3. The number of aryl methyl sites for hydroxylation is 2. The van der Waals surface area contributed by atoms with Crippen molar-refractivity contribution in [3.63, 3.8) is 0 Å². The molecular formula is C13H19N5O. The molecule has 0 saturated heterocycles. The highest BCUT2D eigenvalue weighted by Gasteiger charge is 2.17. The molecule has 1 atom stereocenters. The van der Waals surface area contributed by atoms with Crippen molar-refractivity contribution in [2.45, 2.75) is 19.4 Å². The van der Waals surface area contributed by atoms with E-state index in [2.05, 4.69) is 15.5 Å². The number of nitrogens with zero attached hydrogens (tertiary/aromatic N) is 3. The topological polar surface area (TPSA) is 78.0 Å². The van der Waals surface area contributed by atoms with Crippen molar-refractivity contribution in [2.24, 2.45) is 12.9 Å². The summed E-state index contributed by atoms with van der Waals surface area (Å²) in [4.78, 5) is 4.22. The molecule has 0 spiro atoms. The molecule has 3 N–H and O–H groups in total. The van der Waals surface area contributed by atoms with Gasteiger partial charge in [0.1, 0.15) is 17.9 Å². The van der Waals surface area contributed by atoms with E-state index in [9.17, 15) is 0 Å². The molecule has 102 valence electrons. The van der Waals surface area contributed by atoms with Crippen LogP contribution in [0.15, 0.2) is 24.5 Å². The van der Waals surface area contributed by atoms with Crippen molar-refractivity contribution in [3.05, 3.63) is 41.5 Å². The molecule has 1 unspecified atom stereocenters. The molecule has 6 heteroatoms. The van der Waals surface area contributed by atoms with E-state index in [1.807, 2.05) is 32.2 Å². The maximum absolute atomic E-state index is 5.67. The number of rotatable bonds is 5. The molecule has 1 aromatic heterocycles. The Balaban J connectivity index is 2.29. The van der Waals surface area contributed by atoms with Gasteiger partial charge in [0.2, 0.25) is 0 Å². The van der Waals surface area contributed by atoms with Gasteiger partial charge >= 0.3 is 0 Å². The first kappa shape index (κ1) is 13.5. The number of methoxy groups -OCH3 is 1. The molecule has 2 rings (SSSR count). The van der Waals surface area contributed by atoms with Crippen LogP contribution in [0.25, 0.3) is 0 Å². The van der Waals surface area contributed by atoms with Gasteiger partial charge in [0.15, 0.2) is 0 Å². The third kappa shape index (κ3) is 2.91. The normalized spacial score (nSPS) is 12.4. The Hall–Kier alpha value is -1.92. The highest BCUT2D eigenvalue weighted by atomic mass is 16.5. The predicted molar refractivity (Wildman–Crippen MR) is 72.5 cm³/mol. The molecule has 1 heterocycles. The van der Waals surface area contributed by atoms with Crippen LogP contribution >= 0.6 is 0 Å². The van der Waals surface area contributed by atoms with Crippen LogP contribution in [0.1, 0.15) is 23.0 Å². The minimum Gasteiger partial charge on any atom is -0.496 e. The first-order valence-electron chi connectivity index (χ1n) is 6.09. The molecule has 1 aromatic carbocycles. The standard InChI is InChI=1S/C13H19N5O/c1-9-4-5-10(12(6-9)19-3)11(17-14)7-13-15-8-16-18(13)2/h4-6,8,11,17H,7,14H2,1-3H3. The number of ether oxygens (including phenoxy) is 1. The molecule has 0 amide bonds. The zero-order valence-electron chi connectivity index (χ0n) is 11.4. The van der Waals surface area contributed by atoms with Crippen molar-refractivity contribution in [1.29, 1.82) is 0 Å². The van der Waals surface area contributed by atoms with E-state index < -0.39 is 0 Å². The van der Waals surface area contributed by atoms with Crippen LogP contribution in [0.5, 0.6) is 5.75 Å². The summed E-state index contributed by atoms with van der Waals surface area (Å²) in [5.74, 6) is 7.36. The van der Waals surface area contributed by atoms with Crippen LogP contribution in [0.2, 0.25) is 0 Å². The van der Waals surface area contributed by atoms with E-state index in [4.69, 9.17) is 10.6 Å². The molecular weight excluding hydrogens is 242 g/mol. The van der Waals surface area contributed by atoms with Gasteiger partial charge < -0.3 is 4.74 Å². The summed E-state index contributed by atoms with van der Waals surface area (Å²) in [6.07, 6.45) is 2.18. The van der Waals surface area contributed by atoms with Crippen LogP contribution in [0.4, 0.5) is 0 Å². The summed E-state index contributed by atoms with van der Waals surface area (Å²) in [7, 11) is 3.52. The molecule has 0 bridgehead atoms. The first-order chi connectivity index (χ1) is 9.15. The van der Waals surface area contributed by atoms with E-state index in [0.29, 0.717) is 6.42 Å². The van der Waals surface area contributed by atoms with E-state index in [1.54, 1.807) is 11.8 Å². The first-order valence-corrected chi connectivity index (χ1v) is 6.09. The minimum absolute atomic E-state index is 0.0709. The molecule has 0 aliphatic carbocycles. The average molecular weight is 261 g/mol. The Morgan fingerprint density at radius 2 is 2.26 bits per heavy atom. The number of nitrogens with one attached hydrogen (secondary N) is 1. The second kappa shape index (κ2) is 5.81. The largest absolute Gasteiger partial charge is 0.496 e. The summed E-state index contributed by atoms with van der Waals surface area (Å²) >= 11 is 0. The summed E-state index contributed by atoms with van der Waals surface area (Å²) < 4.78 is 7.16. The fourth-order valence-electron chi connectivity index (χ4n) is 2.05. The SMILES string of the molecule is COc1cc(C)ccc1C(Cc1ncnn1C)NN. The molecule has 0 fully saturated rings. The lowest BCUT2D eigenvalue weighted by molar-refractivity contribution is 0.397. The number of hydrogen-bond acceptors (Lipinski definition) is 5. The Kier molecular flexibility index (Phi) is 4.13. The fraction of sp³-hybridized carbons (Fsp3) is 0.385. The highest BCUT2D eigenvalue weighted by Crippen LogP contribution is 2.27. The van der Waals surface area contributed by atoms with Gasteiger partial charge in [0, 0.05) is 19.0 Å². The number of hydrogen-bond donors (Lipinski definition) is 2. The zero-order valence-corrected chi connectivity index (χ0v) is 11.4. The van der Waals surface area contributed by atoms with Gasteiger partial charge in [0.25, 0.3) is 0 Å². The lowest BCUT2D eigenvalue weighted by Gasteiger charge is -2.19. The number of nitrogens with two attached hydrogens (primary N) is 1. The summed E-state index contributed by atoms with van der Waals surface area (Å²) in [6.45, 7) is 2.03. The maximum Gasteiger partial charge on any atom is 0.138 e. The van der Waals surface area contributed by atoms with Crippen LogP contribution < -0.4 is 16.0 Å². The highest BCUT2D eigenvalue weighted by molar-refractivity contribution is 5.39. The zero-order chi connectivity index (χ0) is 13.8. The van der Waals surface area contributed by atoms with Crippen LogP contribution in [0.3, 0.4) is 0 Å². The van der Waals surface area contributed by atoms with Gasteiger partial charge in [-0.1, -0.05) is 12.1 Å². The third-order valence-electron chi connectivity index (χ3n) is 3.16. The number of hydrazine groups is 1. The van der Waals surface area contributed by atoms with Gasteiger partial charge in [0.05, 0.1) is 13.2 Å². The smallest absolute Gasteiger partial charge is 0.138 e. The molecule has 2 aromatic rings. The van der Waals surface area contributed by atoms with Crippen LogP contribution in [-0.4, -0.2) is 21.9 Å². The monoisotopic (exact) mass is 261 g/mol.